The standard InChI is InChI=1S/C11H22O2/c1-8-4-9(2)6-11(5-8)13-7-10(3)12/h8-12H,4-7H2,1-3H3. The SMILES string of the molecule is CC(O)COC1CC(C)CC(C)C1. The van der Waals surface area contributed by atoms with Crippen molar-refractivity contribution in [1.82, 2.24) is 0 Å². The number of rotatable bonds is 3. The zero-order valence-electron chi connectivity index (χ0n) is 8.99. The molecule has 1 aliphatic rings. The van der Waals surface area contributed by atoms with Crippen LogP contribution in [0.15, 0.2) is 0 Å². The van der Waals surface area contributed by atoms with Crippen molar-refractivity contribution in [2.24, 2.45) is 11.8 Å². The molecule has 2 heteroatoms. The van der Waals surface area contributed by atoms with Gasteiger partial charge >= 0.3 is 0 Å². The van der Waals surface area contributed by atoms with Gasteiger partial charge in [-0.3, -0.25) is 0 Å². The molecule has 78 valence electrons. The van der Waals surface area contributed by atoms with Gasteiger partial charge in [0, 0.05) is 0 Å². The zero-order valence-corrected chi connectivity index (χ0v) is 8.99. The molecule has 0 amide bonds. The average Bonchev–Trinajstić information content (AvgIpc) is 1.99. The quantitative estimate of drug-likeness (QED) is 0.732. The maximum absolute atomic E-state index is 9.09. The van der Waals surface area contributed by atoms with Crippen molar-refractivity contribution in [2.75, 3.05) is 6.61 Å². The number of aliphatic hydroxyl groups is 1. The molecular weight excluding hydrogens is 164 g/mol. The molecule has 3 atom stereocenters. The van der Waals surface area contributed by atoms with Crippen molar-refractivity contribution in [1.29, 1.82) is 0 Å². The normalized spacial score (nSPS) is 37.4. The maximum Gasteiger partial charge on any atom is 0.0745 e. The summed E-state index contributed by atoms with van der Waals surface area (Å²) in [4.78, 5) is 0. The number of aliphatic hydroxyl groups excluding tert-OH is 1. The van der Waals surface area contributed by atoms with Gasteiger partial charge in [-0.25, -0.2) is 0 Å². The summed E-state index contributed by atoms with van der Waals surface area (Å²) in [5.74, 6) is 1.56. The van der Waals surface area contributed by atoms with E-state index in [1.54, 1.807) is 6.92 Å². The number of ether oxygens (including phenoxy) is 1. The predicted octanol–water partition coefficient (Wildman–Crippen LogP) is 2.21. The summed E-state index contributed by atoms with van der Waals surface area (Å²) >= 11 is 0. The molecular formula is C11H22O2. The van der Waals surface area contributed by atoms with Crippen LogP contribution in [-0.4, -0.2) is 23.9 Å². The van der Waals surface area contributed by atoms with Crippen LogP contribution in [0.3, 0.4) is 0 Å². The molecule has 1 rings (SSSR count). The van der Waals surface area contributed by atoms with Gasteiger partial charge in [-0.2, -0.15) is 0 Å². The van der Waals surface area contributed by atoms with Gasteiger partial charge in [-0.05, 0) is 38.0 Å². The first-order valence-electron chi connectivity index (χ1n) is 5.37. The Morgan fingerprint density at radius 1 is 1.23 bits per heavy atom. The third-order valence-corrected chi connectivity index (χ3v) is 2.71. The summed E-state index contributed by atoms with van der Waals surface area (Å²) < 4.78 is 5.64. The van der Waals surface area contributed by atoms with Gasteiger partial charge in [0.15, 0.2) is 0 Å². The van der Waals surface area contributed by atoms with E-state index in [0.717, 1.165) is 24.7 Å². The van der Waals surface area contributed by atoms with E-state index in [4.69, 9.17) is 9.84 Å². The Hall–Kier alpha value is -0.0800. The van der Waals surface area contributed by atoms with Crippen LogP contribution in [0, 0.1) is 11.8 Å². The first-order chi connectivity index (χ1) is 6.08. The Kier molecular flexibility index (Phi) is 4.20. The lowest BCUT2D eigenvalue weighted by Crippen LogP contribution is -2.28. The second kappa shape index (κ2) is 4.97. The molecule has 3 unspecified atom stereocenters. The lowest BCUT2D eigenvalue weighted by atomic mass is 9.82. The van der Waals surface area contributed by atoms with E-state index in [1.807, 2.05) is 0 Å². The molecule has 0 bridgehead atoms. The topological polar surface area (TPSA) is 29.5 Å². The highest BCUT2D eigenvalue weighted by Gasteiger charge is 2.24. The van der Waals surface area contributed by atoms with Gasteiger partial charge in [0.1, 0.15) is 0 Å². The first-order valence-corrected chi connectivity index (χ1v) is 5.37. The van der Waals surface area contributed by atoms with Crippen molar-refractivity contribution in [2.45, 2.75) is 52.2 Å². The van der Waals surface area contributed by atoms with E-state index in [1.165, 1.54) is 6.42 Å². The molecule has 0 spiro atoms. The Morgan fingerprint density at radius 2 is 1.77 bits per heavy atom. The minimum Gasteiger partial charge on any atom is -0.391 e. The van der Waals surface area contributed by atoms with Crippen LogP contribution < -0.4 is 0 Å². The Labute approximate surface area is 81.3 Å². The van der Waals surface area contributed by atoms with Crippen LogP contribution >= 0.6 is 0 Å². The molecule has 0 aromatic heterocycles. The third kappa shape index (κ3) is 4.10. The average molecular weight is 186 g/mol. The van der Waals surface area contributed by atoms with Crippen LogP contribution in [-0.2, 0) is 4.74 Å². The van der Waals surface area contributed by atoms with Crippen LogP contribution in [0.5, 0.6) is 0 Å². The third-order valence-electron chi connectivity index (χ3n) is 2.71. The van der Waals surface area contributed by atoms with Gasteiger partial charge in [0.05, 0.1) is 18.8 Å². The van der Waals surface area contributed by atoms with Crippen molar-refractivity contribution in [3.63, 3.8) is 0 Å². The predicted molar refractivity (Wildman–Crippen MR) is 53.6 cm³/mol. The summed E-state index contributed by atoms with van der Waals surface area (Å²) in [6.07, 6.45) is 3.71. The molecule has 0 saturated heterocycles. The molecule has 13 heavy (non-hydrogen) atoms. The molecule has 1 N–H and O–H groups in total. The van der Waals surface area contributed by atoms with Crippen LogP contribution in [0.1, 0.15) is 40.0 Å². The van der Waals surface area contributed by atoms with E-state index in [0.29, 0.717) is 12.7 Å². The molecule has 0 heterocycles. The molecule has 0 aliphatic heterocycles. The molecule has 0 radical (unpaired) electrons. The minimum absolute atomic E-state index is 0.326. The van der Waals surface area contributed by atoms with E-state index in [9.17, 15) is 0 Å². The van der Waals surface area contributed by atoms with Gasteiger partial charge in [-0.15, -0.1) is 0 Å². The summed E-state index contributed by atoms with van der Waals surface area (Å²) in [7, 11) is 0. The first kappa shape index (κ1) is 11.0. The maximum atomic E-state index is 9.09. The lowest BCUT2D eigenvalue weighted by Gasteiger charge is -2.31. The summed E-state index contributed by atoms with van der Waals surface area (Å²) in [6.45, 7) is 6.84. The zero-order chi connectivity index (χ0) is 9.84. The Balaban J connectivity index is 2.25. The Bertz CT molecular complexity index is 135. The highest BCUT2D eigenvalue weighted by atomic mass is 16.5. The largest absolute Gasteiger partial charge is 0.391 e. The fourth-order valence-electron chi connectivity index (χ4n) is 2.28. The summed E-state index contributed by atoms with van der Waals surface area (Å²) in [5, 5.41) is 9.09. The molecule has 1 saturated carbocycles. The van der Waals surface area contributed by atoms with Crippen molar-refractivity contribution in [3.05, 3.63) is 0 Å². The molecule has 1 fully saturated rings. The summed E-state index contributed by atoms with van der Waals surface area (Å²) in [6, 6.07) is 0. The van der Waals surface area contributed by atoms with Crippen LogP contribution in [0.25, 0.3) is 0 Å². The lowest BCUT2D eigenvalue weighted by molar-refractivity contribution is -0.0356. The van der Waals surface area contributed by atoms with E-state index < -0.39 is 0 Å². The molecule has 0 aromatic carbocycles. The molecule has 0 aromatic rings. The van der Waals surface area contributed by atoms with Gasteiger partial charge < -0.3 is 9.84 Å². The second-order valence-electron chi connectivity index (χ2n) is 4.72. The van der Waals surface area contributed by atoms with E-state index in [-0.39, 0.29) is 6.10 Å². The molecule has 1 aliphatic carbocycles. The van der Waals surface area contributed by atoms with E-state index in [2.05, 4.69) is 13.8 Å². The van der Waals surface area contributed by atoms with Crippen LogP contribution in [0.2, 0.25) is 0 Å². The van der Waals surface area contributed by atoms with Gasteiger partial charge in [0.2, 0.25) is 0 Å². The number of hydrogen-bond donors (Lipinski definition) is 1. The van der Waals surface area contributed by atoms with Crippen molar-refractivity contribution < 1.29 is 9.84 Å². The molecule has 2 nitrogen and oxygen atoms in total. The second-order valence-corrected chi connectivity index (χ2v) is 4.72. The highest BCUT2D eigenvalue weighted by molar-refractivity contribution is 4.75. The Morgan fingerprint density at radius 3 is 2.23 bits per heavy atom. The van der Waals surface area contributed by atoms with Crippen molar-refractivity contribution in [3.8, 4) is 0 Å². The smallest absolute Gasteiger partial charge is 0.0745 e. The van der Waals surface area contributed by atoms with Gasteiger partial charge in [0.25, 0.3) is 0 Å². The van der Waals surface area contributed by atoms with Crippen molar-refractivity contribution >= 4 is 0 Å². The summed E-state index contributed by atoms with van der Waals surface area (Å²) in [5.41, 5.74) is 0. The number of hydrogen-bond acceptors (Lipinski definition) is 2. The monoisotopic (exact) mass is 186 g/mol. The minimum atomic E-state index is -0.326. The van der Waals surface area contributed by atoms with Crippen LogP contribution in [0.4, 0.5) is 0 Å². The van der Waals surface area contributed by atoms with E-state index >= 15 is 0 Å². The van der Waals surface area contributed by atoms with Gasteiger partial charge in [-0.1, -0.05) is 13.8 Å². The fraction of sp³-hybridized carbons (Fsp3) is 1.00. The highest BCUT2D eigenvalue weighted by Crippen LogP contribution is 2.30. The fourth-order valence-corrected chi connectivity index (χ4v) is 2.28.